The van der Waals surface area contributed by atoms with Crippen molar-refractivity contribution in [3.05, 3.63) is 53.3 Å². The maximum atomic E-state index is 13.0. The first-order valence-electron chi connectivity index (χ1n) is 13.1. The standard InChI is InChI=1S/C30H47N3O2/c1-9-11-26-17-27(13-12-24(26)4)32(22-25-16-28(35-8)20-31-19-25)14-10-15-33(21-23(2)3)29(34)18-30(5,6)7/h12-13,16-17,19-20,23H,9-11,14-15,18,21-22H2,1-8H3. The smallest absolute Gasteiger partial charge is 0.223 e. The highest BCUT2D eigenvalue weighted by Gasteiger charge is 2.22. The molecule has 0 spiro atoms. The van der Waals surface area contributed by atoms with Gasteiger partial charge in [0.15, 0.2) is 0 Å². The van der Waals surface area contributed by atoms with E-state index < -0.39 is 0 Å². The lowest BCUT2D eigenvalue weighted by Gasteiger charge is -2.30. The molecule has 0 N–H and O–H groups in total. The largest absolute Gasteiger partial charge is 0.495 e. The van der Waals surface area contributed by atoms with Crippen molar-refractivity contribution < 1.29 is 9.53 Å². The molecule has 0 bridgehead atoms. The molecule has 0 saturated heterocycles. The van der Waals surface area contributed by atoms with Crippen molar-refractivity contribution >= 4 is 11.6 Å². The Morgan fingerprint density at radius 2 is 1.86 bits per heavy atom. The Hall–Kier alpha value is -2.56. The van der Waals surface area contributed by atoms with Gasteiger partial charge >= 0.3 is 0 Å². The highest BCUT2D eigenvalue weighted by Crippen LogP contribution is 2.24. The van der Waals surface area contributed by atoms with Gasteiger partial charge in [-0.15, -0.1) is 0 Å². The van der Waals surface area contributed by atoms with Crippen LogP contribution in [0.3, 0.4) is 0 Å². The molecule has 0 aliphatic rings. The van der Waals surface area contributed by atoms with Gasteiger partial charge in [0.1, 0.15) is 5.75 Å². The topological polar surface area (TPSA) is 45.7 Å². The number of aryl methyl sites for hydroxylation is 2. The molecule has 1 amide bonds. The SMILES string of the molecule is CCCc1cc(N(CCCN(CC(C)C)C(=O)CC(C)(C)C)Cc2cncc(OC)c2)ccc1C. The van der Waals surface area contributed by atoms with E-state index in [4.69, 9.17) is 4.74 Å². The third kappa shape index (κ3) is 9.91. The summed E-state index contributed by atoms with van der Waals surface area (Å²) in [4.78, 5) is 21.9. The lowest BCUT2D eigenvalue weighted by molar-refractivity contribution is -0.133. The molecule has 0 saturated carbocycles. The molecule has 0 aliphatic carbocycles. The van der Waals surface area contributed by atoms with Crippen molar-refractivity contribution in [2.45, 2.75) is 80.7 Å². The van der Waals surface area contributed by atoms with Gasteiger partial charge in [0.25, 0.3) is 0 Å². The van der Waals surface area contributed by atoms with Crippen LogP contribution < -0.4 is 9.64 Å². The van der Waals surface area contributed by atoms with Gasteiger partial charge in [-0.05, 0) is 66.0 Å². The molecule has 0 aliphatic heterocycles. The Bertz CT molecular complexity index is 933. The zero-order valence-electron chi connectivity index (χ0n) is 23.4. The van der Waals surface area contributed by atoms with Gasteiger partial charge in [-0.3, -0.25) is 9.78 Å². The van der Waals surface area contributed by atoms with Crippen molar-refractivity contribution in [2.24, 2.45) is 11.3 Å². The molecule has 0 radical (unpaired) electrons. The Labute approximate surface area is 213 Å². The van der Waals surface area contributed by atoms with Gasteiger partial charge in [-0.1, -0.05) is 54.0 Å². The minimum atomic E-state index is -0.00467. The molecule has 5 heteroatoms. The number of ether oxygens (including phenoxy) is 1. The Morgan fingerprint density at radius 1 is 1.11 bits per heavy atom. The van der Waals surface area contributed by atoms with Crippen molar-refractivity contribution in [2.75, 3.05) is 31.6 Å². The summed E-state index contributed by atoms with van der Waals surface area (Å²) >= 11 is 0. The van der Waals surface area contributed by atoms with E-state index in [1.54, 1.807) is 13.3 Å². The van der Waals surface area contributed by atoms with Crippen molar-refractivity contribution in [1.82, 2.24) is 9.88 Å². The maximum Gasteiger partial charge on any atom is 0.223 e. The summed E-state index contributed by atoms with van der Waals surface area (Å²) in [5, 5.41) is 0. The monoisotopic (exact) mass is 481 g/mol. The average molecular weight is 482 g/mol. The minimum absolute atomic E-state index is 0.00467. The van der Waals surface area contributed by atoms with Crippen LogP contribution in [0, 0.1) is 18.3 Å². The van der Waals surface area contributed by atoms with Crippen LogP contribution in [0.25, 0.3) is 0 Å². The van der Waals surface area contributed by atoms with Crippen molar-refractivity contribution in [1.29, 1.82) is 0 Å². The number of amides is 1. The molecule has 1 heterocycles. The predicted molar refractivity (Wildman–Crippen MR) is 147 cm³/mol. The summed E-state index contributed by atoms with van der Waals surface area (Å²) in [5.74, 6) is 1.48. The van der Waals surface area contributed by atoms with Crippen LogP contribution >= 0.6 is 0 Å². The summed E-state index contributed by atoms with van der Waals surface area (Å²) in [5.41, 5.74) is 5.08. The zero-order chi connectivity index (χ0) is 26.0. The van der Waals surface area contributed by atoms with Crippen LogP contribution in [-0.2, 0) is 17.8 Å². The summed E-state index contributed by atoms with van der Waals surface area (Å²) in [7, 11) is 1.67. The number of hydrogen-bond acceptors (Lipinski definition) is 4. The van der Waals surface area contributed by atoms with Gasteiger partial charge in [0, 0.05) is 44.5 Å². The normalized spacial score (nSPS) is 11.6. The van der Waals surface area contributed by atoms with E-state index >= 15 is 0 Å². The van der Waals surface area contributed by atoms with E-state index in [2.05, 4.69) is 87.5 Å². The number of rotatable bonds is 13. The highest BCUT2D eigenvalue weighted by atomic mass is 16.5. The van der Waals surface area contributed by atoms with Crippen LogP contribution in [0.1, 0.15) is 77.5 Å². The first kappa shape index (κ1) is 28.7. The van der Waals surface area contributed by atoms with Gasteiger partial charge in [0.2, 0.25) is 5.91 Å². The van der Waals surface area contributed by atoms with Crippen LogP contribution in [0.2, 0.25) is 0 Å². The third-order valence-corrected chi connectivity index (χ3v) is 6.07. The summed E-state index contributed by atoms with van der Waals surface area (Å²) in [6.45, 7) is 18.4. The van der Waals surface area contributed by atoms with Crippen LogP contribution in [0.15, 0.2) is 36.7 Å². The highest BCUT2D eigenvalue weighted by molar-refractivity contribution is 5.76. The van der Waals surface area contributed by atoms with E-state index in [1.165, 1.54) is 16.8 Å². The molecule has 5 nitrogen and oxygen atoms in total. The molecule has 0 atom stereocenters. The van der Waals surface area contributed by atoms with Crippen LogP contribution in [-0.4, -0.2) is 42.5 Å². The summed E-state index contributed by atoms with van der Waals surface area (Å²) in [6, 6.07) is 8.84. The summed E-state index contributed by atoms with van der Waals surface area (Å²) in [6.07, 6.45) is 7.36. The predicted octanol–water partition coefficient (Wildman–Crippen LogP) is 6.67. The fraction of sp³-hybridized carbons (Fsp3) is 0.600. The average Bonchev–Trinajstić information content (AvgIpc) is 2.78. The number of hydrogen-bond donors (Lipinski definition) is 0. The molecule has 2 aromatic rings. The molecule has 1 aromatic heterocycles. The quantitative estimate of drug-likeness (QED) is 0.321. The molecule has 1 aromatic carbocycles. The third-order valence-electron chi connectivity index (χ3n) is 6.07. The molecule has 35 heavy (non-hydrogen) atoms. The number of aromatic nitrogens is 1. The maximum absolute atomic E-state index is 13.0. The second kappa shape index (κ2) is 13.5. The van der Waals surface area contributed by atoms with Crippen LogP contribution in [0.4, 0.5) is 5.69 Å². The fourth-order valence-corrected chi connectivity index (χ4v) is 4.35. The van der Waals surface area contributed by atoms with Gasteiger partial charge in [-0.2, -0.15) is 0 Å². The Kier molecular flexibility index (Phi) is 11.1. The molecule has 0 unspecified atom stereocenters. The van der Waals surface area contributed by atoms with E-state index in [-0.39, 0.29) is 11.3 Å². The first-order chi connectivity index (χ1) is 16.5. The molecular formula is C30H47N3O2. The van der Waals surface area contributed by atoms with E-state index in [9.17, 15) is 4.79 Å². The van der Waals surface area contributed by atoms with Gasteiger partial charge in [-0.25, -0.2) is 0 Å². The molecular weight excluding hydrogens is 434 g/mol. The number of anilines is 1. The van der Waals surface area contributed by atoms with E-state index in [1.807, 2.05) is 6.20 Å². The Morgan fingerprint density at radius 3 is 2.49 bits per heavy atom. The molecule has 194 valence electrons. The zero-order valence-corrected chi connectivity index (χ0v) is 23.4. The summed E-state index contributed by atoms with van der Waals surface area (Å²) < 4.78 is 5.40. The first-order valence-corrected chi connectivity index (χ1v) is 13.1. The van der Waals surface area contributed by atoms with Gasteiger partial charge in [0.05, 0.1) is 13.3 Å². The number of carbonyl (C=O) groups excluding carboxylic acids is 1. The number of methoxy groups -OCH3 is 1. The van der Waals surface area contributed by atoms with E-state index in [0.717, 1.165) is 56.8 Å². The lowest BCUT2D eigenvalue weighted by Crippen LogP contribution is -2.38. The molecule has 2 rings (SSSR count). The number of carbonyl (C=O) groups is 1. The Balaban J connectivity index is 2.22. The van der Waals surface area contributed by atoms with Crippen molar-refractivity contribution in [3.8, 4) is 5.75 Å². The second-order valence-corrected chi connectivity index (χ2v) is 11.3. The van der Waals surface area contributed by atoms with Crippen molar-refractivity contribution in [3.63, 3.8) is 0 Å². The molecule has 0 fully saturated rings. The number of benzene rings is 1. The van der Waals surface area contributed by atoms with Gasteiger partial charge < -0.3 is 14.5 Å². The second-order valence-electron chi connectivity index (χ2n) is 11.3. The lowest BCUT2D eigenvalue weighted by atomic mass is 9.91. The number of pyridine rings is 1. The van der Waals surface area contributed by atoms with Crippen LogP contribution in [0.5, 0.6) is 5.75 Å². The van der Waals surface area contributed by atoms with E-state index in [0.29, 0.717) is 12.3 Å². The number of nitrogens with zero attached hydrogens (tertiary/aromatic N) is 3. The minimum Gasteiger partial charge on any atom is -0.495 e. The fourth-order valence-electron chi connectivity index (χ4n) is 4.35.